The van der Waals surface area contributed by atoms with E-state index in [-0.39, 0.29) is 17.7 Å². The van der Waals surface area contributed by atoms with Gasteiger partial charge in [0.2, 0.25) is 0 Å². The number of ether oxygens (including phenoxy) is 1. The number of rotatable bonds is 6. The lowest BCUT2D eigenvalue weighted by molar-refractivity contribution is -0.158. The molecule has 2 N–H and O–H groups in total. The van der Waals surface area contributed by atoms with E-state index in [4.69, 9.17) is 4.74 Å². The van der Waals surface area contributed by atoms with Crippen molar-refractivity contribution in [1.82, 2.24) is 4.90 Å². The fraction of sp³-hybridized carbons (Fsp3) is 0.333. The second kappa shape index (κ2) is 10.6. The number of Topliss-reactive ketones (excluding diaryl/α,β-unsaturated/α-hetero) is 1. The molecule has 2 aromatic rings. The summed E-state index contributed by atoms with van der Waals surface area (Å²) in [4.78, 5) is 50.4. The minimum atomic E-state index is -0.983. The molecule has 1 atom stereocenters. The van der Waals surface area contributed by atoms with Gasteiger partial charge in [-0.2, -0.15) is 0 Å². The average Bonchev–Trinajstić information content (AvgIpc) is 2.79. The van der Waals surface area contributed by atoms with E-state index < -0.39 is 18.0 Å². The van der Waals surface area contributed by atoms with Crippen LogP contribution in [0, 0.1) is 5.92 Å². The molecule has 0 saturated carbocycles. The van der Waals surface area contributed by atoms with Gasteiger partial charge in [-0.1, -0.05) is 30.3 Å². The maximum absolute atomic E-state index is 12.5. The van der Waals surface area contributed by atoms with Crippen LogP contribution >= 0.6 is 0 Å². The summed E-state index contributed by atoms with van der Waals surface area (Å²) in [6.07, 6.45) is -0.0468. The molecule has 0 aliphatic carbocycles. The Labute approximate surface area is 186 Å². The van der Waals surface area contributed by atoms with Crippen LogP contribution in [0.3, 0.4) is 0 Å². The Morgan fingerprint density at radius 2 is 1.59 bits per heavy atom. The number of esters is 1. The van der Waals surface area contributed by atoms with Crippen LogP contribution in [0.1, 0.15) is 37.0 Å². The molecule has 3 rings (SSSR count). The molecule has 1 heterocycles. The molecule has 0 radical (unpaired) electrons. The molecule has 0 bridgehead atoms. The van der Waals surface area contributed by atoms with E-state index >= 15 is 0 Å². The number of benzene rings is 2. The fourth-order valence-corrected chi connectivity index (χ4v) is 3.43. The van der Waals surface area contributed by atoms with Gasteiger partial charge in [0.25, 0.3) is 5.91 Å². The molecule has 1 aliphatic heterocycles. The highest BCUT2D eigenvalue weighted by molar-refractivity contribution is 5.98. The number of amides is 3. The first-order valence-electron chi connectivity index (χ1n) is 10.6. The molecule has 8 heteroatoms. The summed E-state index contributed by atoms with van der Waals surface area (Å²) in [6.45, 7) is 3.81. The molecule has 0 spiro atoms. The van der Waals surface area contributed by atoms with Crippen LogP contribution < -0.4 is 10.6 Å². The van der Waals surface area contributed by atoms with Crippen molar-refractivity contribution in [2.75, 3.05) is 23.7 Å². The normalized spacial score (nSPS) is 14.9. The monoisotopic (exact) mass is 437 g/mol. The van der Waals surface area contributed by atoms with Crippen LogP contribution in [0.25, 0.3) is 0 Å². The number of hydrogen-bond acceptors (Lipinski definition) is 5. The number of hydrogen-bond donors (Lipinski definition) is 2. The van der Waals surface area contributed by atoms with Crippen molar-refractivity contribution in [3.05, 3.63) is 60.2 Å². The number of nitrogens with zero attached hydrogens (tertiary/aromatic N) is 1. The Kier molecular flexibility index (Phi) is 7.59. The number of piperidine rings is 1. The van der Waals surface area contributed by atoms with E-state index in [1.807, 2.05) is 30.3 Å². The number of likely N-dealkylation sites (tertiary alicyclic amines) is 1. The van der Waals surface area contributed by atoms with Crippen LogP contribution in [0.15, 0.2) is 54.6 Å². The number of carbonyl (C=O) groups excluding carboxylic acids is 4. The topological polar surface area (TPSA) is 105 Å². The van der Waals surface area contributed by atoms with Crippen molar-refractivity contribution in [3.63, 3.8) is 0 Å². The summed E-state index contributed by atoms with van der Waals surface area (Å²) in [7, 11) is 0. The zero-order valence-electron chi connectivity index (χ0n) is 18.2. The van der Waals surface area contributed by atoms with Crippen molar-refractivity contribution < 1.29 is 23.9 Å². The number of carbonyl (C=O) groups is 4. The predicted octanol–water partition coefficient (Wildman–Crippen LogP) is 3.70. The molecule has 1 fully saturated rings. The summed E-state index contributed by atoms with van der Waals surface area (Å²) < 4.78 is 5.36. The third kappa shape index (κ3) is 6.16. The first-order chi connectivity index (χ1) is 15.3. The Balaban J connectivity index is 1.45. The molecule has 0 unspecified atom stereocenters. The van der Waals surface area contributed by atoms with E-state index in [9.17, 15) is 19.2 Å². The van der Waals surface area contributed by atoms with Gasteiger partial charge in [-0.25, -0.2) is 4.79 Å². The zero-order chi connectivity index (χ0) is 23.1. The van der Waals surface area contributed by atoms with Gasteiger partial charge in [0.1, 0.15) is 0 Å². The third-order valence-corrected chi connectivity index (χ3v) is 5.34. The largest absolute Gasteiger partial charge is 0.452 e. The van der Waals surface area contributed by atoms with Crippen LogP contribution in [-0.2, 0) is 14.3 Å². The Hall–Kier alpha value is -3.68. The first-order valence-corrected chi connectivity index (χ1v) is 10.6. The molecule has 168 valence electrons. The van der Waals surface area contributed by atoms with E-state index in [1.54, 1.807) is 29.2 Å². The van der Waals surface area contributed by atoms with Crippen molar-refractivity contribution >= 4 is 35.1 Å². The number of nitrogens with one attached hydrogen (secondary N) is 2. The molecule has 3 amide bonds. The maximum Gasteiger partial charge on any atom is 0.321 e. The molecule has 8 nitrogen and oxygen atoms in total. The smallest absolute Gasteiger partial charge is 0.321 e. The van der Waals surface area contributed by atoms with Gasteiger partial charge >= 0.3 is 12.0 Å². The number of urea groups is 1. The Bertz CT molecular complexity index is 984. The van der Waals surface area contributed by atoms with Gasteiger partial charge in [0, 0.05) is 30.0 Å². The summed E-state index contributed by atoms with van der Waals surface area (Å²) in [5.74, 6) is -1.40. The second-order valence-electron chi connectivity index (χ2n) is 7.76. The minimum Gasteiger partial charge on any atom is -0.452 e. The van der Waals surface area contributed by atoms with Crippen LogP contribution in [0.4, 0.5) is 16.2 Å². The fourth-order valence-electron chi connectivity index (χ4n) is 3.43. The maximum atomic E-state index is 12.5. The molecule has 1 aliphatic rings. The summed E-state index contributed by atoms with van der Waals surface area (Å²) in [5, 5.41) is 5.49. The van der Waals surface area contributed by atoms with Gasteiger partial charge in [0.05, 0.1) is 5.92 Å². The second-order valence-corrected chi connectivity index (χ2v) is 7.76. The Morgan fingerprint density at radius 1 is 0.938 bits per heavy atom. The SMILES string of the molecule is CC(=O)c1cccc(NC(=O)[C@@H](C)OC(=O)C2CCN(C(=O)Nc3ccccc3)CC2)c1. The van der Waals surface area contributed by atoms with Gasteiger partial charge < -0.3 is 20.3 Å². The minimum absolute atomic E-state index is 0.107. The number of ketones is 1. The average molecular weight is 437 g/mol. The molecule has 32 heavy (non-hydrogen) atoms. The molecule has 0 aromatic heterocycles. The summed E-state index contributed by atoms with van der Waals surface area (Å²) >= 11 is 0. The van der Waals surface area contributed by atoms with Crippen LogP contribution in [0.2, 0.25) is 0 Å². The lowest BCUT2D eigenvalue weighted by atomic mass is 9.97. The van der Waals surface area contributed by atoms with Gasteiger partial charge in [0.15, 0.2) is 11.9 Å². The molecule has 2 aromatic carbocycles. The molecule has 1 saturated heterocycles. The first kappa shape index (κ1) is 23.0. The standard InChI is InChI=1S/C24H27N3O5/c1-16(28)19-7-6-10-21(15-19)25-22(29)17(2)32-23(30)18-11-13-27(14-12-18)24(31)26-20-8-4-3-5-9-20/h3-10,15,17-18H,11-14H2,1-2H3,(H,25,29)(H,26,31)/t17-/m1/s1. The number of anilines is 2. The lowest BCUT2D eigenvalue weighted by Gasteiger charge is -2.31. The summed E-state index contributed by atoms with van der Waals surface area (Å²) in [5.41, 5.74) is 1.66. The number of para-hydroxylation sites is 1. The predicted molar refractivity (Wildman–Crippen MR) is 120 cm³/mol. The zero-order valence-corrected chi connectivity index (χ0v) is 18.2. The molecular formula is C24H27N3O5. The molecular weight excluding hydrogens is 410 g/mol. The van der Waals surface area contributed by atoms with Crippen molar-refractivity contribution in [1.29, 1.82) is 0 Å². The van der Waals surface area contributed by atoms with Crippen LogP contribution in [-0.4, -0.2) is 47.8 Å². The Morgan fingerprint density at radius 3 is 2.25 bits per heavy atom. The lowest BCUT2D eigenvalue weighted by Crippen LogP contribution is -2.43. The van der Waals surface area contributed by atoms with E-state index in [2.05, 4.69) is 10.6 Å². The van der Waals surface area contributed by atoms with Crippen molar-refractivity contribution in [3.8, 4) is 0 Å². The van der Waals surface area contributed by atoms with Crippen LogP contribution in [0.5, 0.6) is 0 Å². The van der Waals surface area contributed by atoms with Crippen molar-refractivity contribution in [2.24, 2.45) is 5.92 Å². The van der Waals surface area contributed by atoms with E-state index in [1.165, 1.54) is 13.8 Å². The van der Waals surface area contributed by atoms with Gasteiger partial charge in [-0.3, -0.25) is 14.4 Å². The summed E-state index contributed by atoms with van der Waals surface area (Å²) in [6, 6.07) is 15.5. The van der Waals surface area contributed by atoms with Gasteiger partial charge in [-0.15, -0.1) is 0 Å². The quantitative estimate of drug-likeness (QED) is 0.530. The highest BCUT2D eigenvalue weighted by atomic mass is 16.5. The van der Waals surface area contributed by atoms with Crippen molar-refractivity contribution in [2.45, 2.75) is 32.8 Å². The van der Waals surface area contributed by atoms with E-state index in [0.717, 1.165) is 0 Å². The third-order valence-electron chi connectivity index (χ3n) is 5.34. The van der Waals surface area contributed by atoms with E-state index in [0.29, 0.717) is 42.9 Å². The highest BCUT2D eigenvalue weighted by Gasteiger charge is 2.30. The highest BCUT2D eigenvalue weighted by Crippen LogP contribution is 2.21. The van der Waals surface area contributed by atoms with Gasteiger partial charge in [-0.05, 0) is 51.0 Å².